The third kappa shape index (κ3) is 1.50. The van der Waals surface area contributed by atoms with Crippen molar-refractivity contribution in [2.45, 2.75) is 19.9 Å². The highest BCUT2D eigenvalue weighted by molar-refractivity contribution is 4.94. The van der Waals surface area contributed by atoms with Crippen LogP contribution in [-0.2, 0) is 6.54 Å². The van der Waals surface area contributed by atoms with Gasteiger partial charge in [0.05, 0.1) is 6.33 Å². The summed E-state index contributed by atoms with van der Waals surface area (Å²) in [5.41, 5.74) is 1.27. The number of aromatic nitrogens is 2. The molecule has 66 valence electrons. The number of hydrogen-bond donors (Lipinski definition) is 1. The van der Waals surface area contributed by atoms with Crippen molar-refractivity contribution >= 4 is 0 Å². The largest absolute Gasteiger partial charge is 0.335 e. The monoisotopic (exact) mass is 165 g/mol. The Morgan fingerprint density at radius 3 is 3.25 bits per heavy atom. The molecule has 1 unspecified atom stereocenters. The van der Waals surface area contributed by atoms with Gasteiger partial charge in [-0.25, -0.2) is 4.98 Å². The average molecular weight is 165 g/mol. The summed E-state index contributed by atoms with van der Waals surface area (Å²) in [4.78, 5) is 4.11. The molecule has 0 bridgehead atoms. The number of rotatable bonds is 2. The average Bonchev–Trinajstić information content (AvgIpc) is 2.65. The molecule has 12 heavy (non-hydrogen) atoms. The van der Waals surface area contributed by atoms with E-state index in [0.717, 1.165) is 19.0 Å². The van der Waals surface area contributed by atoms with E-state index in [9.17, 15) is 0 Å². The first-order valence-corrected chi connectivity index (χ1v) is 4.53. The molecule has 2 rings (SSSR count). The van der Waals surface area contributed by atoms with Gasteiger partial charge in [0, 0.05) is 18.4 Å². The Morgan fingerprint density at radius 2 is 2.67 bits per heavy atom. The van der Waals surface area contributed by atoms with Crippen LogP contribution in [0.4, 0.5) is 0 Å². The second-order valence-corrected chi connectivity index (χ2v) is 3.55. The minimum atomic E-state index is 0.804. The molecule has 0 amide bonds. The zero-order valence-electron chi connectivity index (χ0n) is 7.45. The van der Waals surface area contributed by atoms with Gasteiger partial charge in [0.2, 0.25) is 0 Å². The summed E-state index contributed by atoms with van der Waals surface area (Å²) >= 11 is 0. The lowest BCUT2D eigenvalue weighted by Gasteiger charge is -2.10. The van der Waals surface area contributed by atoms with Gasteiger partial charge in [0.15, 0.2) is 0 Å². The fraction of sp³-hybridized carbons (Fsp3) is 0.667. The molecule has 2 heterocycles. The lowest BCUT2D eigenvalue weighted by atomic mass is 10.1. The van der Waals surface area contributed by atoms with Crippen LogP contribution < -0.4 is 5.32 Å². The van der Waals surface area contributed by atoms with Gasteiger partial charge in [-0.3, -0.25) is 0 Å². The summed E-state index contributed by atoms with van der Waals surface area (Å²) in [5, 5.41) is 3.37. The Bertz CT molecular complexity index is 248. The first-order chi connectivity index (χ1) is 5.86. The normalized spacial score (nSPS) is 23.2. The van der Waals surface area contributed by atoms with E-state index >= 15 is 0 Å². The van der Waals surface area contributed by atoms with Crippen molar-refractivity contribution in [3.05, 3.63) is 18.2 Å². The Labute approximate surface area is 72.8 Å². The molecule has 1 fully saturated rings. The maximum atomic E-state index is 4.11. The van der Waals surface area contributed by atoms with Gasteiger partial charge in [-0.1, -0.05) is 0 Å². The van der Waals surface area contributed by atoms with Crippen molar-refractivity contribution in [3.63, 3.8) is 0 Å². The smallest absolute Gasteiger partial charge is 0.0948 e. The van der Waals surface area contributed by atoms with Crippen LogP contribution in [0.15, 0.2) is 12.5 Å². The zero-order valence-corrected chi connectivity index (χ0v) is 7.45. The SMILES string of the molecule is Cc1cncn1CC1CCNC1. The van der Waals surface area contributed by atoms with Gasteiger partial charge >= 0.3 is 0 Å². The highest BCUT2D eigenvalue weighted by Gasteiger charge is 2.14. The van der Waals surface area contributed by atoms with Crippen molar-refractivity contribution in [3.8, 4) is 0 Å². The van der Waals surface area contributed by atoms with E-state index in [2.05, 4.69) is 21.8 Å². The van der Waals surface area contributed by atoms with Crippen LogP contribution in [-0.4, -0.2) is 22.6 Å². The molecular weight excluding hydrogens is 150 g/mol. The van der Waals surface area contributed by atoms with E-state index < -0.39 is 0 Å². The number of nitrogens with zero attached hydrogens (tertiary/aromatic N) is 2. The first-order valence-electron chi connectivity index (χ1n) is 4.53. The van der Waals surface area contributed by atoms with Crippen LogP contribution in [0.25, 0.3) is 0 Å². The number of nitrogens with one attached hydrogen (secondary N) is 1. The maximum absolute atomic E-state index is 4.11. The Balaban J connectivity index is 1.98. The summed E-state index contributed by atoms with van der Waals surface area (Å²) in [7, 11) is 0. The molecule has 3 heteroatoms. The Kier molecular flexibility index (Phi) is 2.13. The van der Waals surface area contributed by atoms with Crippen LogP contribution in [0, 0.1) is 12.8 Å². The minimum absolute atomic E-state index is 0.804. The van der Waals surface area contributed by atoms with Crippen molar-refractivity contribution in [1.29, 1.82) is 0 Å². The Morgan fingerprint density at radius 1 is 1.75 bits per heavy atom. The molecule has 0 spiro atoms. The van der Waals surface area contributed by atoms with E-state index in [1.807, 2.05) is 12.5 Å². The third-order valence-corrected chi connectivity index (χ3v) is 2.54. The fourth-order valence-corrected chi connectivity index (χ4v) is 1.73. The van der Waals surface area contributed by atoms with Gasteiger partial charge in [0.25, 0.3) is 0 Å². The highest BCUT2D eigenvalue weighted by atomic mass is 15.1. The molecule has 0 radical (unpaired) electrons. The van der Waals surface area contributed by atoms with Gasteiger partial charge in [0.1, 0.15) is 0 Å². The molecule has 0 aliphatic carbocycles. The first kappa shape index (κ1) is 7.80. The maximum Gasteiger partial charge on any atom is 0.0948 e. The van der Waals surface area contributed by atoms with Crippen molar-refractivity contribution in [2.75, 3.05) is 13.1 Å². The van der Waals surface area contributed by atoms with Gasteiger partial charge in [-0.05, 0) is 32.4 Å². The Hall–Kier alpha value is -0.830. The number of aryl methyl sites for hydroxylation is 1. The third-order valence-electron chi connectivity index (χ3n) is 2.54. The summed E-state index contributed by atoms with van der Waals surface area (Å²) in [6, 6.07) is 0. The van der Waals surface area contributed by atoms with Gasteiger partial charge in [-0.2, -0.15) is 0 Å². The van der Waals surface area contributed by atoms with E-state index in [4.69, 9.17) is 0 Å². The lowest BCUT2D eigenvalue weighted by molar-refractivity contribution is 0.475. The molecule has 0 saturated carbocycles. The lowest BCUT2D eigenvalue weighted by Crippen LogP contribution is -2.14. The summed E-state index contributed by atoms with van der Waals surface area (Å²) in [6.45, 7) is 5.57. The minimum Gasteiger partial charge on any atom is -0.335 e. The van der Waals surface area contributed by atoms with Crippen LogP contribution in [0.1, 0.15) is 12.1 Å². The molecule has 1 aliphatic rings. The molecule has 1 saturated heterocycles. The second-order valence-electron chi connectivity index (χ2n) is 3.55. The predicted octanol–water partition coefficient (Wildman–Crippen LogP) is 0.801. The quantitative estimate of drug-likeness (QED) is 0.702. The molecule has 1 aliphatic heterocycles. The van der Waals surface area contributed by atoms with Crippen molar-refractivity contribution in [2.24, 2.45) is 5.92 Å². The molecule has 1 N–H and O–H groups in total. The molecular formula is C9H15N3. The standard InChI is InChI=1S/C9H15N3/c1-8-4-11-7-12(8)6-9-2-3-10-5-9/h4,7,9-10H,2-3,5-6H2,1H3. The van der Waals surface area contributed by atoms with Crippen molar-refractivity contribution in [1.82, 2.24) is 14.9 Å². The van der Waals surface area contributed by atoms with E-state index in [1.165, 1.54) is 18.7 Å². The van der Waals surface area contributed by atoms with E-state index in [-0.39, 0.29) is 0 Å². The van der Waals surface area contributed by atoms with Crippen LogP contribution in [0.3, 0.4) is 0 Å². The van der Waals surface area contributed by atoms with Crippen molar-refractivity contribution < 1.29 is 0 Å². The fourth-order valence-electron chi connectivity index (χ4n) is 1.73. The summed E-state index contributed by atoms with van der Waals surface area (Å²) in [6.07, 6.45) is 5.15. The molecule has 3 nitrogen and oxygen atoms in total. The van der Waals surface area contributed by atoms with Gasteiger partial charge < -0.3 is 9.88 Å². The molecule has 1 aromatic rings. The van der Waals surface area contributed by atoms with Crippen LogP contribution in [0.2, 0.25) is 0 Å². The zero-order chi connectivity index (χ0) is 8.39. The summed E-state index contributed by atoms with van der Waals surface area (Å²) < 4.78 is 2.23. The predicted molar refractivity (Wildman–Crippen MR) is 47.9 cm³/mol. The molecule has 1 aromatic heterocycles. The topological polar surface area (TPSA) is 29.9 Å². The van der Waals surface area contributed by atoms with E-state index in [1.54, 1.807) is 0 Å². The van der Waals surface area contributed by atoms with Gasteiger partial charge in [-0.15, -0.1) is 0 Å². The van der Waals surface area contributed by atoms with Crippen LogP contribution >= 0.6 is 0 Å². The van der Waals surface area contributed by atoms with Crippen LogP contribution in [0.5, 0.6) is 0 Å². The van der Waals surface area contributed by atoms with E-state index in [0.29, 0.717) is 0 Å². The number of imidazole rings is 1. The molecule has 1 atom stereocenters. The second kappa shape index (κ2) is 3.27. The molecule has 0 aromatic carbocycles. The highest BCUT2D eigenvalue weighted by Crippen LogP contribution is 2.11. The summed E-state index contributed by atoms with van der Waals surface area (Å²) in [5.74, 6) is 0.804. The number of hydrogen-bond acceptors (Lipinski definition) is 2.